The lowest BCUT2D eigenvalue weighted by Crippen LogP contribution is -2.26. The fourth-order valence-corrected chi connectivity index (χ4v) is 3.02. The number of aryl methyl sites for hydroxylation is 2. The molecule has 0 spiro atoms. The zero-order valence-electron chi connectivity index (χ0n) is 13.7. The predicted octanol–water partition coefficient (Wildman–Crippen LogP) is 1.16. The van der Waals surface area contributed by atoms with Gasteiger partial charge in [0.05, 0.1) is 24.1 Å². The lowest BCUT2D eigenvalue weighted by molar-refractivity contribution is 0.0946. The maximum absolute atomic E-state index is 12.4. The summed E-state index contributed by atoms with van der Waals surface area (Å²) in [6.07, 6.45) is 6.06. The van der Waals surface area contributed by atoms with Gasteiger partial charge in [0.25, 0.3) is 5.91 Å². The molecule has 9 heteroatoms. The van der Waals surface area contributed by atoms with Crippen LogP contribution in [0.25, 0.3) is 11.6 Å². The van der Waals surface area contributed by atoms with Crippen molar-refractivity contribution >= 4 is 11.7 Å². The second-order valence-corrected chi connectivity index (χ2v) is 5.89. The van der Waals surface area contributed by atoms with Gasteiger partial charge in [-0.25, -0.2) is 15.0 Å². The highest BCUT2D eigenvalue weighted by molar-refractivity contribution is 5.96. The van der Waals surface area contributed by atoms with Crippen LogP contribution in [0.1, 0.15) is 39.6 Å². The third kappa shape index (κ3) is 2.73. The first-order valence-electron chi connectivity index (χ1n) is 8.00. The number of carbonyl (C=O) groups excluding carboxylic acids is 1. The number of aromatic nitrogens is 5. The first-order valence-corrected chi connectivity index (χ1v) is 8.00. The van der Waals surface area contributed by atoms with Crippen molar-refractivity contribution in [3.63, 3.8) is 0 Å². The number of nitrogens with one attached hydrogen (secondary N) is 2. The Morgan fingerprint density at radius 2 is 2.28 bits per heavy atom. The number of nitrogens with two attached hydrogens (primary N) is 1. The van der Waals surface area contributed by atoms with Crippen LogP contribution in [-0.2, 0) is 19.4 Å². The molecule has 1 aliphatic rings. The van der Waals surface area contributed by atoms with Gasteiger partial charge in [0.15, 0.2) is 11.5 Å². The molecule has 4 rings (SSSR count). The van der Waals surface area contributed by atoms with E-state index in [1.165, 1.54) is 18.0 Å². The van der Waals surface area contributed by atoms with Gasteiger partial charge in [0, 0.05) is 5.69 Å². The number of carbonyl (C=O) groups is 1. The number of aromatic amines is 1. The van der Waals surface area contributed by atoms with E-state index in [0.717, 1.165) is 30.7 Å². The van der Waals surface area contributed by atoms with Gasteiger partial charge in [-0.3, -0.25) is 9.89 Å². The molecule has 1 aliphatic carbocycles. The number of amides is 1. The Balaban J connectivity index is 1.53. The van der Waals surface area contributed by atoms with E-state index in [4.69, 9.17) is 10.2 Å². The Hall–Kier alpha value is -3.23. The van der Waals surface area contributed by atoms with Crippen LogP contribution in [0.4, 0.5) is 5.82 Å². The Morgan fingerprint density at radius 3 is 3.08 bits per heavy atom. The maximum atomic E-state index is 12.4. The smallest absolute Gasteiger partial charge is 0.274 e. The second-order valence-electron chi connectivity index (χ2n) is 5.89. The minimum atomic E-state index is -0.387. The quantitative estimate of drug-likeness (QED) is 0.649. The summed E-state index contributed by atoms with van der Waals surface area (Å²) in [4.78, 5) is 25.0. The molecule has 0 saturated heterocycles. The molecule has 3 aromatic heterocycles. The van der Waals surface area contributed by atoms with Crippen LogP contribution in [0.15, 0.2) is 16.9 Å². The molecular weight excluding hydrogens is 322 g/mol. The number of rotatable bonds is 4. The minimum Gasteiger partial charge on any atom is -0.443 e. The standard InChI is InChI=1S/C16H17N7O2/c1-8-12(16-18-5-6-25-16)21-14(17)13(20-8)15(24)19-7-11-9-3-2-4-10(9)22-23-11/h5-6H,2-4,7H2,1H3,(H2,17,21)(H,19,24)(H,22,23). The summed E-state index contributed by atoms with van der Waals surface area (Å²) in [5.74, 6) is -0.0406. The summed E-state index contributed by atoms with van der Waals surface area (Å²) in [6, 6.07) is 0. The van der Waals surface area contributed by atoms with Gasteiger partial charge >= 0.3 is 0 Å². The summed E-state index contributed by atoms with van der Waals surface area (Å²) >= 11 is 0. The molecule has 3 aromatic rings. The molecule has 4 N–H and O–H groups in total. The van der Waals surface area contributed by atoms with Gasteiger partial charge in [-0.2, -0.15) is 5.10 Å². The molecular formula is C16H17N7O2. The van der Waals surface area contributed by atoms with Gasteiger partial charge in [-0.15, -0.1) is 0 Å². The largest absolute Gasteiger partial charge is 0.443 e. The molecule has 0 unspecified atom stereocenters. The monoisotopic (exact) mass is 339 g/mol. The van der Waals surface area contributed by atoms with Crippen molar-refractivity contribution in [3.8, 4) is 11.6 Å². The number of H-pyrrole nitrogens is 1. The van der Waals surface area contributed by atoms with E-state index in [0.29, 0.717) is 23.8 Å². The van der Waals surface area contributed by atoms with Gasteiger partial charge in [-0.1, -0.05) is 0 Å². The van der Waals surface area contributed by atoms with Crippen LogP contribution >= 0.6 is 0 Å². The molecule has 0 aliphatic heterocycles. The van der Waals surface area contributed by atoms with Crippen LogP contribution in [0.5, 0.6) is 0 Å². The summed E-state index contributed by atoms with van der Waals surface area (Å²) in [7, 11) is 0. The van der Waals surface area contributed by atoms with Gasteiger partial charge in [0.1, 0.15) is 12.0 Å². The Bertz CT molecular complexity index is 930. The van der Waals surface area contributed by atoms with Gasteiger partial charge in [-0.05, 0) is 31.7 Å². The maximum Gasteiger partial charge on any atom is 0.274 e. The van der Waals surface area contributed by atoms with Gasteiger partial charge < -0.3 is 15.5 Å². The molecule has 3 heterocycles. The lowest BCUT2D eigenvalue weighted by Gasteiger charge is -2.08. The van der Waals surface area contributed by atoms with E-state index in [1.54, 1.807) is 6.92 Å². The topological polar surface area (TPSA) is 136 Å². The van der Waals surface area contributed by atoms with Crippen LogP contribution in [0, 0.1) is 6.92 Å². The van der Waals surface area contributed by atoms with Crippen molar-refractivity contribution in [2.24, 2.45) is 0 Å². The fourth-order valence-electron chi connectivity index (χ4n) is 3.02. The molecule has 9 nitrogen and oxygen atoms in total. The molecule has 0 atom stereocenters. The highest BCUT2D eigenvalue weighted by atomic mass is 16.3. The molecule has 25 heavy (non-hydrogen) atoms. The number of fused-ring (bicyclic) bond motifs is 1. The molecule has 0 aromatic carbocycles. The van der Waals surface area contributed by atoms with Crippen molar-refractivity contribution in [3.05, 3.63) is 40.8 Å². The fraction of sp³-hybridized carbons (Fsp3) is 0.312. The average Bonchev–Trinajstić information content (AvgIpc) is 3.32. The van der Waals surface area contributed by atoms with Crippen molar-refractivity contribution in [2.45, 2.75) is 32.7 Å². The number of hydrogen-bond acceptors (Lipinski definition) is 7. The van der Waals surface area contributed by atoms with Crippen LogP contribution in [0.3, 0.4) is 0 Å². The number of anilines is 1. The zero-order chi connectivity index (χ0) is 17.4. The number of oxazole rings is 1. The van der Waals surface area contributed by atoms with Crippen LogP contribution < -0.4 is 11.1 Å². The molecule has 0 saturated carbocycles. The van der Waals surface area contributed by atoms with Crippen molar-refractivity contribution < 1.29 is 9.21 Å². The number of hydrogen-bond donors (Lipinski definition) is 3. The predicted molar refractivity (Wildman–Crippen MR) is 88.5 cm³/mol. The zero-order valence-corrected chi connectivity index (χ0v) is 13.7. The Morgan fingerprint density at radius 1 is 1.40 bits per heavy atom. The van der Waals surface area contributed by atoms with Crippen LogP contribution in [0.2, 0.25) is 0 Å². The third-order valence-corrected chi connectivity index (χ3v) is 4.26. The number of nitrogen functional groups attached to an aromatic ring is 1. The summed E-state index contributed by atoms with van der Waals surface area (Å²) in [5.41, 5.74) is 10.2. The molecule has 0 radical (unpaired) electrons. The second kappa shape index (κ2) is 6.00. The van der Waals surface area contributed by atoms with E-state index >= 15 is 0 Å². The minimum absolute atomic E-state index is 0.0311. The first-order chi connectivity index (χ1) is 12.1. The summed E-state index contributed by atoms with van der Waals surface area (Å²) < 4.78 is 5.21. The van der Waals surface area contributed by atoms with E-state index in [1.807, 2.05) is 0 Å². The van der Waals surface area contributed by atoms with Gasteiger partial charge in [0.2, 0.25) is 5.89 Å². The normalized spacial score (nSPS) is 13.0. The Labute approximate surface area is 143 Å². The highest BCUT2D eigenvalue weighted by Gasteiger charge is 2.21. The Kier molecular flexibility index (Phi) is 3.68. The van der Waals surface area contributed by atoms with Crippen molar-refractivity contribution in [2.75, 3.05) is 5.73 Å². The molecule has 128 valence electrons. The molecule has 0 fully saturated rings. The van der Waals surface area contributed by atoms with E-state index < -0.39 is 0 Å². The summed E-state index contributed by atoms with van der Waals surface area (Å²) in [6.45, 7) is 2.05. The van der Waals surface area contributed by atoms with Crippen LogP contribution in [-0.4, -0.2) is 31.1 Å². The van der Waals surface area contributed by atoms with E-state index in [-0.39, 0.29) is 17.4 Å². The van der Waals surface area contributed by atoms with Crippen molar-refractivity contribution in [1.29, 1.82) is 0 Å². The molecule has 0 bridgehead atoms. The summed E-state index contributed by atoms with van der Waals surface area (Å²) in [5, 5.41) is 10.1. The van der Waals surface area contributed by atoms with Crippen molar-refractivity contribution in [1.82, 2.24) is 30.5 Å². The average molecular weight is 339 g/mol. The highest BCUT2D eigenvalue weighted by Crippen LogP contribution is 2.23. The first kappa shape index (κ1) is 15.3. The SMILES string of the molecule is Cc1nc(C(=O)NCc2n[nH]c3c2CCC3)c(N)nc1-c1ncco1. The van der Waals surface area contributed by atoms with E-state index in [2.05, 4.69) is 30.5 Å². The number of nitrogens with zero attached hydrogens (tertiary/aromatic N) is 4. The lowest BCUT2D eigenvalue weighted by atomic mass is 10.2. The molecule has 1 amide bonds. The van der Waals surface area contributed by atoms with E-state index in [9.17, 15) is 4.79 Å². The third-order valence-electron chi connectivity index (χ3n) is 4.26.